The summed E-state index contributed by atoms with van der Waals surface area (Å²) < 4.78 is 18.6. The molecular formula is C13H10FN3O. The number of hydrogen-bond donors (Lipinski definition) is 1. The van der Waals surface area contributed by atoms with Gasteiger partial charge in [0.05, 0.1) is 5.69 Å². The fourth-order valence-corrected chi connectivity index (χ4v) is 1.75. The SMILES string of the molecule is NCc1cc(-c2nc3cc(F)ccc3o2)ccn1. The van der Waals surface area contributed by atoms with Crippen molar-refractivity contribution in [1.29, 1.82) is 0 Å². The predicted molar refractivity (Wildman–Crippen MR) is 65.1 cm³/mol. The van der Waals surface area contributed by atoms with Gasteiger partial charge < -0.3 is 10.2 Å². The van der Waals surface area contributed by atoms with E-state index in [1.54, 1.807) is 24.4 Å². The topological polar surface area (TPSA) is 64.9 Å². The van der Waals surface area contributed by atoms with E-state index in [1.165, 1.54) is 12.1 Å². The van der Waals surface area contributed by atoms with Gasteiger partial charge in [-0.3, -0.25) is 4.98 Å². The third kappa shape index (κ3) is 1.84. The number of hydrogen-bond acceptors (Lipinski definition) is 4. The van der Waals surface area contributed by atoms with Gasteiger partial charge in [0.15, 0.2) is 5.58 Å². The van der Waals surface area contributed by atoms with Crippen LogP contribution in [-0.2, 0) is 6.54 Å². The lowest BCUT2D eigenvalue weighted by Crippen LogP contribution is -1.98. The third-order valence-corrected chi connectivity index (χ3v) is 2.62. The van der Waals surface area contributed by atoms with Gasteiger partial charge in [0.2, 0.25) is 5.89 Å². The van der Waals surface area contributed by atoms with E-state index in [4.69, 9.17) is 10.2 Å². The maximum atomic E-state index is 13.1. The summed E-state index contributed by atoms with van der Waals surface area (Å²) in [5.41, 5.74) is 8.11. The number of nitrogens with zero attached hydrogens (tertiary/aromatic N) is 2. The van der Waals surface area contributed by atoms with Crippen LogP contribution in [0.3, 0.4) is 0 Å². The Hall–Kier alpha value is -2.27. The first-order chi connectivity index (χ1) is 8.76. The van der Waals surface area contributed by atoms with Crippen LogP contribution in [0.5, 0.6) is 0 Å². The molecule has 2 N–H and O–H groups in total. The van der Waals surface area contributed by atoms with Gasteiger partial charge in [-0.15, -0.1) is 0 Å². The maximum absolute atomic E-state index is 13.1. The van der Waals surface area contributed by atoms with E-state index in [2.05, 4.69) is 9.97 Å². The molecule has 0 aliphatic heterocycles. The smallest absolute Gasteiger partial charge is 0.227 e. The Morgan fingerprint density at radius 2 is 2.11 bits per heavy atom. The number of nitrogens with two attached hydrogens (primary N) is 1. The minimum Gasteiger partial charge on any atom is -0.436 e. The zero-order valence-electron chi connectivity index (χ0n) is 9.43. The zero-order valence-corrected chi connectivity index (χ0v) is 9.43. The Balaban J connectivity index is 2.13. The van der Waals surface area contributed by atoms with E-state index in [1.807, 2.05) is 0 Å². The standard InChI is InChI=1S/C13H10FN3O/c14-9-1-2-12-11(6-9)17-13(18-12)8-3-4-16-10(5-8)7-15/h1-6H,7,15H2. The molecule has 0 atom stereocenters. The van der Waals surface area contributed by atoms with Gasteiger partial charge >= 0.3 is 0 Å². The molecule has 1 aromatic carbocycles. The fourth-order valence-electron chi connectivity index (χ4n) is 1.75. The highest BCUT2D eigenvalue weighted by Gasteiger charge is 2.09. The van der Waals surface area contributed by atoms with Crippen LogP contribution in [0.1, 0.15) is 5.69 Å². The minimum absolute atomic E-state index is 0.334. The van der Waals surface area contributed by atoms with Crippen LogP contribution in [-0.4, -0.2) is 9.97 Å². The van der Waals surface area contributed by atoms with Crippen molar-refractivity contribution in [3.05, 3.63) is 48.0 Å². The van der Waals surface area contributed by atoms with Gasteiger partial charge in [-0.2, -0.15) is 0 Å². The molecule has 4 nitrogen and oxygen atoms in total. The number of benzene rings is 1. The Labute approximate surface area is 102 Å². The van der Waals surface area contributed by atoms with Gasteiger partial charge in [-0.1, -0.05) is 0 Å². The molecule has 0 saturated carbocycles. The van der Waals surface area contributed by atoms with E-state index in [-0.39, 0.29) is 5.82 Å². The molecule has 2 aromatic heterocycles. The highest BCUT2D eigenvalue weighted by atomic mass is 19.1. The minimum atomic E-state index is -0.334. The number of oxazole rings is 1. The van der Waals surface area contributed by atoms with E-state index in [0.717, 1.165) is 11.3 Å². The first-order valence-corrected chi connectivity index (χ1v) is 5.48. The first kappa shape index (κ1) is 10.9. The summed E-state index contributed by atoms with van der Waals surface area (Å²) in [5.74, 6) is 0.104. The Morgan fingerprint density at radius 1 is 1.22 bits per heavy atom. The van der Waals surface area contributed by atoms with E-state index < -0.39 is 0 Å². The van der Waals surface area contributed by atoms with E-state index in [9.17, 15) is 4.39 Å². The second-order valence-corrected chi connectivity index (χ2v) is 3.87. The molecule has 0 saturated heterocycles. The van der Waals surface area contributed by atoms with Crippen molar-refractivity contribution in [1.82, 2.24) is 9.97 Å². The maximum Gasteiger partial charge on any atom is 0.227 e. The normalized spacial score (nSPS) is 11.0. The van der Waals surface area contributed by atoms with Gasteiger partial charge in [0, 0.05) is 24.4 Å². The molecule has 0 bridgehead atoms. The van der Waals surface area contributed by atoms with Gasteiger partial charge in [0.1, 0.15) is 11.3 Å². The van der Waals surface area contributed by atoms with Crippen molar-refractivity contribution < 1.29 is 8.81 Å². The number of pyridine rings is 1. The van der Waals surface area contributed by atoms with Crippen molar-refractivity contribution >= 4 is 11.1 Å². The lowest BCUT2D eigenvalue weighted by atomic mass is 10.2. The average Bonchev–Trinajstić information content (AvgIpc) is 2.81. The van der Waals surface area contributed by atoms with Crippen LogP contribution < -0.4 is 5.73 Å². The lowest BCUT2D eigenvalue weighted by Gasteiger charge is -1.97. The van der Waals surface area contributed by atoms with Gasteiger partial charge in [0.25, 0.3) is 0 Å². The average molecular weight is 243 g/mol. The summed E-state index contributed by atoms with van der Waals surface area (Å²) in [4.78, 5) is 8.34. The number of aromatic nitrogens is 2. The highest BCUT2D eigenvalue weighted by Crippen LogP contribution is 2.24. The summed E-state index contributed by atoms with van der Waals surface area (Å²) in [6, 6.07) is 7.83. The number of fused-ring (bicyclic) bond motifs is 1. The first-order valence-electron chi connectivity index (χ1n) is 5.48. The summed E-state index contributed by atoms with van der Waals surface area (Å²) in [6.45, 7) is 0.350. The van der Waals surface area contributed by atoms with E-state index in [0.29, 0.717) is 23.5 Å². The predicted octanol–water partition coefficient (Wildman–Crippen LogP) is 2.49. The van der Waals surface area contributed by atoms with Crippen LogP contribution in [0, 0.1) is 5.82 Å². The van der Waals surface area contributed by atoms with Crippen molar-refractivity contribution in [2.24, 2.45) is 5.73 Å². The zero-order chi connectivity index (χ0) is 12.5. The lowest BCUT2D eigenvalue weighted by molar-refractivity contribution is 0.613. The molecule has 3 rings (SSSR count). The fraction of sp³-hybridized carbons (Fsp3) is 0.0769. The quantitative estimate of drug-likeness (QED) is 0.751. The van der Waals surface area contributed by atoms with Crippen LogP contribution in [0.4, 0.5) is 4.39 Å². The number of rotatable bonds is 2. The van der Waals surface area contributed by atoms with Crippen molar-refractivity contribution in [3.8, 4) is 11.5 Å². The van der Waals surface area contributed by atoms with Crippen molar-refractivity contribution in [2.75, 3.05) is 0 Å². The third-order valence-electron chi connectivity index (χ3n) is 2.62. The second kappa shape index (κ2) is 4.19. The van der Waals surface area contributed by atoms with Crippen LogP contribution in [0.2, 0.25) is 0 Å². The molecule has 90 valence electrons. The summed E-state index contributed by atoms with van der Waals surface area (Å²) in [6.07, 6.45) is 1.65. The van der Waals surface area contributed by atoms with Crippen LogP contribution in [0.15, 0.2) is 40.9 Å². The van der Waals surface area contributed by atoms with Crippen molar-refractivity contribution in [3.63, 3.8) is 0 Å². The molecule has 5 heteroatoms. The Bertz CT molecular complexity index is 708. The molecule has 0 aliphatic rings. The molecule has 0 radical (unpaired) electrons. The van der Waals surface area contributed by atoms with Gasteiger partial charge in [-0.25, -0.2) is 9.37 Å². The van der Waals surface area contributed by atoms with Gasteiger partial charge in [-0.05, 0) is 24.3 Å². The van der Waals surface area contributed by atoms with Crippen molar-refractivity contribution in [2.45, 2.75) is 6.54 Å². The molecule has 0 spiro atoms. The monoisotopic (exact) mass is 243 g/mol. The molecule has 0 unspecified atom stereocenters. The molecular weight excluding hydrogens is 233 g/mol. The number of halogens is 1. The molecule has 0 fully saturated rings. The van der Waals surface area contributed by atoms with Crippen LogP contribution in [0.25, 0.3) is 22.6 Å². The largest absolute Gasteiger partial charge is 0.436 e. The molecule has 2 heterocycles. The second-order valence-electron chi connectivity index (χ2n) is 3.87. The molecule has 3 aromatic rings. The summed E-state index contributed by atoms with van der Waals surface area (Å²) in [5, 5.41) is 0. The Kier molecular flexibility index (Phi) is 2.53. The molecule has 0 aliphatic carbocycles. The molecule has 0 amide bonds. The summed E-state index contributed by atoms with van der Waals surface area (Å²) >= 11 is 0. The van der Waals surface area contributed by atoms with Crippen LogP contribution >= 0.6 is 0 Å². The van der Waals surface area contributed by atoms with E-state index >= 15 is 0 Å². The summed E-state index contributed by atoms with van der Waals surface area (Å²) in [7, 11) is 0. The Morgan fingerprint density at radius 3 is 2.94 bits per heavy atom. The highest BCUT2D eigenvalue weighted by molar-refractivity contribution is 5.76. The molecule has 18 heavy (non-hydrogen) atoms.